The number of halogens is 2. The minimum Gasteiger partial charge on any atom is -0.344 e. The number of nitrogens with zero attached hydrogens (tertiary/aromatic N) is 1. The zero-order valence-electron chi connectivity index (χ0n) is 8.92. The van der Waals surface area contributed by atoms with Crippen molar-refractivity contribution < 1.29 is 0 Å². The van der Waals surface area contributed by atoms with Crippen molar-refractivity contribution in [1.29, 1.82) is 0 Å². The zero-order valence-corrected chi connectivity index (χ0v) is 10.4. The third kappa shape index (κ3) is 1.63. The van der Waals surface area contributed by atoms with Gasteiger partial charge in [0.2, 0.25) is 0 Å². The predicted molar refractivity (Wildman–Crippen MR) is 69.5 cm³/mol. The first kappa shape index (κ1) is 10.5. The summed E-state index contributed by atoms with van der Waals surface area (Å²) in [6, 6.07) is 6.55. The molecule has 0 unspecified atom stereocenters. The lowest BCUT2D eigenvalue weighted by Crippen LogP contribution is -2.02. The van der Waals surface area contributed by atoms with Gasteiger partial charge in [0, 0.05) is 22.6 Å². The van der Waals surface area contributed by atoms with Gasteiger partial charge in [-0.05, 0) is 31.0 Å². The molecule has 1 aromatic heterocycles. The van der Waals surface area contributed by atoms with E-state index < -0.39 is 0 Å². The van der Waals surface area contributed by atoms with Gasteiger partial charge < -0.3 is 4.57 Å². The molecular formula is C13H13Cl2N. The van der Waals surface area contributed by atoms with Crippen LogP contribution < -0.4 is 0 Å². The molecule has 0 spiro atoms. The summed E-state index contributed by atoms with van der Waals surface area (Å²) in [5.74, 6) is 0. The average molecular weight is 254 g/mol. The zero-order chi connectivity index (χ0) is 11.1. The Labute approximate surface area is 105 Å². The first-order chi connectivity index (χ1) is 7.75. The number of rotatable bonds is 1. The van der Waals surface area contributed by atoms with E-state index in [2.05, 4.69) is 16.8 Å². The van der Waals surface area contributed by atoms with Crippen LogP contribution in [-0.2, 0) is 0 Å². The van der Waals surface area contributed by atoms with Crippen LogP contribution >= 0.6 is 23.2 Å². The van der Waals surface area contributed by atoms with Crippen LogP contribution in [0.4, 0.5) is 0 Å². The van der Waals surface area contributed by atoms with Gasteiger partial charge in [-0.15, -0.1) is 0 Å². The Balaban J connectivity index is 2.18. The number of benzene rings is 1. The molecule has 1 fully saturated rings. The molecule has 0 saturated heterocycles. The first-order valence-electron chi connectivity index (χ1n) is 5.71. The van der Waals surface area contributed by atoms with E-state index in [1.165, 1.54) is 31.2 Å². The quantitative estimate of drug-likeness (QED) is 0.670. The van der Waals surface area contributed by atoms with Gasteiger partial charge in [-0.25, -0.2) is 0 Å². The van der Waals surface area contributed by atoms with Crippen LogP contribution in [0.25, 0.3) is 10.9 Å². The molecule has 1 aliphatic carbocycles. The Morgan fingerprint density at radius 1 is 1.12 bits per heavy atom. The van der Waals surface area contributed by atoms with E-state index >= 15 is 0 Å². The van der Waals surface area contributed by atoms with E-state index in [0.29, 0.717) is 6.04 Å². The summed E-state index contributed by atoms with van der Waals surface area (Å²) < 4.78 is 2.33. The van der Waals surface area contributed by atoms with Crippen molar-refractivity contribution in [3.8, 4) is 0 Å². The number of hydrogen-bond acceptors (Lipinski definition) is 0. The molecule has 1 heterocycles. The lowest BCUT2D eigenvalue weighted by atomic mass is 10.2. The third-order valence-electron chi connectivity index (χ3n) is 3.47. The van der Waals surface area contributed by atoms with Gasteiger partial charge in [-0.1, -0.05) is 36.0 Å². The number of fused-ring (bicyclic) bond motifs is 1. The van der Waals surface area contributed by atoms with Crippen LogP contribution in [0.3, 0.4) is 0 Å². The summed E-state index contributed by atoms with van der Waals surface area (Å²) >= 11 is 12.2. The van der Waals surface area contributed by atoms with Crippen molar-refractivity contribution in [2.45, 2.75) is 31.7 Å². The summed E-state index contributed by atoms with van der Waals surface area (Å²) in [6.45, 7) is 0. The van der Waals surface area contributed by atoms with Gasteiger partial charge >= 0.3 is 0 Å². The minimum absolute atomic E-state index is 0.632. The molecule has 0 N–H and O–H groups in total. The Morgan fingerprint density at radius 3 is 2.62 bits per heavy atom. The lowest BCUT2D eigenvalue weighted by molar-refractivity contribution is 0.536. The molecular weight excluding hydrogens is 241 g/mol. The number of hydrogen-bond donors (Lipinski definition) is 0. The van der Waals surface area contributed by atoms with Gasteiger partial charge in [-0.2, -0.15) is 0 Å². The highest BCUT2D eigenvalue weighted by Crippen LogP contribution is 2.35. The predicted octanol–water partition coefficient (Wildman–Crippen LogP) is 5.06. The molecule has 1 nitrogen and oxygen atoms in total. The van der Waals surface area contributed by atoms with Gasteiger partial charge in [0.1, 0.15) is 0 Å². The van der Waals surface area contributed by atoms with Crippen molar-refractivity contribution in [2.24, 2.45) is 0 Å². The fourth-order valence-corrected chi connectivity index (χ4v) is 3.23. The summed E-state index contributed by atoms with van der Waals surface area (Å²) in [6.07, 6.45) is 7.35. The largest absolute Gasteiger partial charge is 0.344 e. The smallest absolute Gasteiger partial charge is 0.0514 e. The standard InChI is InChI=1S/C13H13Cl2N/c14-9-7-12(15)11-5-6-16(13(11)8-9)10-3-1-2-4-10/h5-8,10H,1-4H2. The van der Waals surface area contributed by atoms with E-state index in [4.69, 9.17) is 23.2 Å². The van der Waals surface area contributed by atoms with Crippen molar-refractivity contribution in [3.05, 3.63) is 34.4 Å². The SMILES string of the molecule is Clc1cc(Cl)c2ccn(C3CCCC3)c2c1. The van der Waals surface area contributed by atoms with E-state index in [0.717, 1.165) is 15.4 Å². The molecule has 0 aliphatic heterocycles. The van der Waals surface area contributed by atoms with Gasteiger partial charge in [0.15, 0.2) is 0 Å². The second-order valence-electron chi connectivity index (χ2n) is 4.48. The molecule has 0 amide bonds. The monoisotopic (exact) mass is 253 g/mol. The van der Waals surface area contributed by atoms with Gasteiger partial charge in [0.25, 0.3) is 0 Å². The van der Waals surface area contributed by atoms with E-state index in [9.17, 15) is 0 Å². The topological polar surface area (TPSA) is 4.93 Å². The molecule has 0 atom stereocenters. The maximum atomic E-state index is 6.18. The number of aromatic nitrogens is 1. The van der Waals surface area contributed by atoms with Crippen LogP contribution in [0.1, 0.15) is 31.7 Å². The Bertz CT molecular complexity index is 524. The second kappa shape index (κ2) is 3.97. The molecule has 3 rings (SSSR count). The fourth-order valence-electron chi connectivity index (χ4n) is 2.69. The van der Waals surface area contributed by atoms with Crippen LogP contribution in [-0.4, -0.2) is 4.57 Å². The molecule has 3 heteroatoms. The molecule has 1 aliphatic rings. The second-order valence-corrected chi connectivity index (χ2v) is 5.33. The Kier molecular flexibility index (Phi) is 2.61. The summed E-state index contributed by atoms with van der Waals surface area (Å²) in [5, 5.41) is 2.58. The normalized spacial score (nSPS) is 17.4. The van der Waals surface area contributed by atoms with Crippen LogP contribution in [0.2, 0.25) is 10.0 Å². The van der Waals surface area contributed by atoms with Crippen LogP contribution in [0.15, 0.2) is 24.4 Å². The van der Waals surface area contributed by atoms with Crippen LogP contribution in [0.5, 0.6) is 0 Å². The molecule has 16 heavy (non-hydrogen) atoms. The average Bonchev–Trinajstić information content (AvgIpc) is 2.83. The van der Waals surface area contributed by atoms with Crippen molar-refractivity contribution in [3.63, 3.8) is 0 Å². The molecule has 2 aromatic rings. The summed E-state index contributed by atoms with van der Waals surface area (Å²) in [7, 11) is 0. The van der Waals surface area contributed by atoms with Crippen LogP contribution in [0, 0.1) is 0 Å². The van der Waals surface area contributed by atoms with Crippen molar-refractivity contribution in [2.75, 3.05) is 0 Å². The van der Waals surface area contributed by atoms with Crippen molar-refractivity contribution in [1.82, 2.24) is 4.57 Å². The van der Waals surface area contributed by atoms with Crippen molar-refractivity contribution >= 4 is 34.1 Å². The lowest BCUT2D eigenvalue weighted by Gasteiger charge is -2.13. The molecule has 1 saturated carbocycles. The highest BCUT2D eigenvalue weighted by molar-refractivity contribution is 6.38. The minimum atomic E-state index is 0.632. The Hall–Kier alpha value is -0.660. The van der Waals surface area contributed by atoms with E-state index in [-0.39, 0.29) is 0 Å². The van der Waals surface area contributed by atoms with Gasteiger partial charge in [-0.3, -0.25) is 0 Å². The molecule has 84 valence electrons. The first-order valence-corrected chi connectivity index (χ1v) is 6.47. The summed E-state index contributed by atoms with van der Waals surface area (Å²) in [5.41, 5.74) is 1.17. The molecule has 1 aromatic carbocycles. The molecule has 0 bridgehead atoms. The highest BCUT2D eigenvalue weighted by atomic mass is 35.5. The van der Waals surface area contributed by atoms with Gasteiger partial charge in [0.05, 0.1) is 10.5 Å². The maximum absolute atomic E-state index is 6.18. The van der Waals surface area contributed by atoms with E-state index in [1.54, 1.807) is 0 Å². The molecule has 0 radical (unpaired) electrons. The highest BCUT2D eigenvalue weighted by Gasteiger charge is 2.18. The van der Waals surface area contributed by atoms with E-state index in [1.807, 2.05) is 12.1 Å². The third-order valence-corrected chi connectivity index (χ3v) is 4.00. The fraction of sp³-hybridized carbons (Fsp3) is 0.385. The Morgan fingerprint density at radius 2 is 1.88 bits per heavy atom. The maximum Gasteiger partial charge on any atom is 0.0514 e. The summed E-state index contributed by atoms with van der Waals surface area (Å²) in [4.78, 5) is 0.